The van der Waals surface area contributed by atoms with Crippen LogP contribution in [0.5, 0.6) is 5.75 Å². The smallest absolute Gasteiger partial charge is 0.433 e. The number of nitrogens with one attached hydrogen (secondary N) is 1. The molecule has 1 aliphatic rings. The number of carbonyl (C=O) groups is 3. The van der Waals surface area contributed by atoms with Crippen molar-refractivity contribution in [3.05, 3.63) is 59.1 Å². The number of carbonyl (C=O) groups excluding carboxylic acids is 3. The number of hydrogen-bond acceptors (Lipinski definition) is 7. The SMILES string of the molecule is Cc1oc2ccc(OCc3cccnc3C(F)(F)F)cc2c1C(=O)NC1(C=O)CN(C(=O)OC(C)(C)C)C1. The Labute approximate surface area is 215 Å². The van der Waals surface area contributed by atoms with Crippen LogP contribution in [-0.4, -0.2) is 52.4 Å². The van der Waals surface area contributed by atoms with Crippen LogP contribution in [0.15, 0.2) is 40.9 Å². The summed E-state index contributed by atoms with van der Waals surface area (Å²) >= 11 is 0. The third-order valence-corrected chi connectivity index (χ3v) is 5.80. The van der Waals surface area contributed by atoms with Crippen molar-refractivity contribution in [2.24, 2.45) is 0 Å². The summed E-state index contributed by atoms with van der Waals surface area (Å²) in [7, 11) is 0. The third kappa shape index (κ3) is 5.58. The van der Waals surface area contributed by atoms with Crippen molar-refractivity contribution < 1.29 is 41.4 Å². The topological polar surface area (TPSA) is 111 Å². The Kier molecular flexibility index (Phi) is 6.85. The Balaban J connectivity index is 1.51. The van der Waals surface area contributed by atoms with E-state index in [1.165, 1.54) is 35.2 Å². The summed E-state index contributed by atoms with van der Waals surface area (Å²) in [6, 6.07) is 7.17. The number of alkyl halides is 3. The molecule has 1 fully saturated rings. The normalized spacial score (nSPS) is 15.1. The van der Waals surface area contributed by atoms with Gasteiger partial charge in [-0.15, -0.1) is 0 Å². The summed E-state index contributed by atoms with van der Waals surface area (Å²) in [6.07, 6.45) is -3.60. The molecule has 12 heteroatoms. The molecular formula is C26H26F3N3O6. The molecule has 1 aromatic carbocycles. The van der Waals surface area contributed by atoms with E-state index in [4.69, 9.17) is 13.9 Å². The number of nitrogens with zero attached hydrogens (tertiary/aromatic N) is 2. The molecule has 0 unspecified atom stereocenters. The molecule has 4 rings (SSSR count). The number of halogens is 3. The van der Waals surface area contributed by atoms with Crippen molar-refractivity contribution in [1.29, 1.82) is 0 Å². The number of rotatable bonds is 6. The van der Waals surface area contributed by atoms with Crippen LogP contribution in [0.3, 0.4) is 0 Å². The first-order valence-electron chi connectivity index (χ1n) is 11.7. The van der Waals surface area contributed by atoms with E-state index in [0.29, 0.717) is 17.3 Å². The van der Waals surface area contributed by atoms with E-state index >= 15 is 0 Å². The molecule has 2 amide bonds. The van der Waals surface area contributed by atoms with Crippen LogP contribution in [-0.2, 0) is 22.3 Å². The zero-order valence-corrected chi connectivity index (χ0v) is 21.1. The molecule has 3 heterocycles. The molecule has 0 radical (unpaired) electrons. The fourth-order valence-corrected chi connectivity index (χ4v) is 4.10. The molecule has 202 valence electrons. The zero-order chi connectivity index (χ0) is 27.9. The van der Waals surface area contributed by atoms with Gasteiger partial charge in [-0.2, -0.15) is 13.2 Å². The highest BCUT2D eigenvalue weighted by atomic mass is 19.4. The third-order valence-electron chi connectivity index (χ3n) is 5.80. The Morgan fingerprint density at radius 3 is 2.55 bits per heavy atom. The first-order valence-corrected chi connectivity index (χ1v) is 11.7. The molecule has 1 aliphatic heterocycles. The van der Waals surface area contributed by atoms with E-state index in [1.54, 1.807) is 27.7 Å². The standard InChI is InChI=1S/C26H26F3N3O6/c1-15-20(22(34)31-25(14-33)12-32(13-25)23(35)38-24(2,3)4)18-10-17(7-8-19(18)37-15)36-11-16-6-5-9-30-21(16)26(27,28)29/h5-10,14H,11-13H2,1-4H3,(H,31,34). The summed E-state index contributed by atoms with van der Waals surface area (Å²) in [5.41, 5.74) is -2.71. The number of amides is 2. The van der Waals surface area contributed by atoms with Crippen molar-refractivity contribution in [3.8, 4) is 5.75 Å². The van der Waals surface area contributed by atoms with Crippen molar-refractivity contribution >= 4 is 29.3 Å². The average Bonchev–Trinajstić information content (AvgIpc) is 3.13. The van der Waals surface area contributed by atoms with Crippen molar-refractivity contribution in [1.82, 2.24) is 15.2 Å². The van der Waals surface area contributed by atoms with Crippen LogP contribution in [0.25, 0.3) is 11.0 Å². The summed E-state index contributed by atoms with van der Waals surface area (Å²) in [4.78, 5) is 42.0. The Morgan fingerprint density at radius 2 is 1.92 bits per heavy atom. The van der Waals surface area contributed by atoms with Crippen molar-refractivity contribution in [2.45, 2.75) is 51.6 Å². The van der Waals surface area contributed by atoms with Crippen molar-refractivity contribution in [3.63, 3.8) is 0 Å². The van der Waals surface area contributed by atoms with Gasteiger partial charge in [0.15, 0.2) is 5.69 Å². The molecule has 1 saturated heterocycles. The molecule has 0 spiro atoms. The number of aldehydes is 1. The minimum Gasteiger partial charge on any atom is -0.489 e. The first kappa shape index (κ1) is 27.0. The quantitative estimate of drug-likeness (QED) is 0.459. The highest BCUT2D eigenvalue weighted by molar-refractivity contribution is 6.08. The number of likely N-dealkylation sites (tertiary alicyclic amines) is 1. The van der Waals surface area contributed by atoms with E-state index in [-0.39, 0.29) is 35.7 Å². The molecule has 0 aliphatic carbocycles. The number of benzene rings is 1. The lowest BCUT2D eigenvalue weighted by Gasteiger charge is -2.46. The fraction of sp³-hybridized carbons (Fsp3) is 0.385. The lowest BCUT2D eigenvalue weighted by atomic mass is 9.91. The average molecular weight is 534 g/mol. The van der Waals surface area contributed by atoms with E-state index in [1.807, 2.05) is 0 Å². The summed E-state index contributed by atoms with van der Waals surface area (Å²) in [5.74, 6) is -0.138. The van der Waals surface area contributed by atoms with Gasteiger partial charge in [-0.05, 0) is 52.0 Å². The summed E-state index contributed by atoms with van der Waals surface area (Å²) in [5, 5.41) is 3.02. The van der Waals surface area contributed by atoms with Gasteiger partial charge in [0.1, 0.15) is 41.1 Å². The second-order valence-corrected chi connectivity index (χ2v) is 10.1. The van der Waals surface area contributed by atoms with Gasteiger partial charge in [0.25, 0.3) is 5.91 Å². The number of ether oxygens (including phenoxy) is 2. The van der Waals surface area contributed by atoms with Crippen LogP contribution >= 0.6 is 0 Å². The van der Waals surface area contributed by atoms with Crippen LogP contribution < -0.4 is 10.1 Å². The predicted octanol–water partition coefficient (Wildman–Crippen LogP) is 4.65. The van der Waals surface area contributed by atoms with Gasteiger partial charge in [0.2, 0.25) is 0 Å². The molecule has 2 aromatic heterocycles. The highest BCUT2D eigenvalue weighted by Crippen LogP contribution is 2.33. The van der Waals surface area contributed by atoms with Gasteiger partial charge in [0.05, 0.1) is 18.7 Å². The van der Waals surface area contributed by atoms with E-state index < -0.39 is 41.6 Å². The molecule has 1 N–H and O–H groups in total. The minimum absolute atomic E-state index is 0.0625. The summed E-state index contributed by atoms with van der Waals surface area (Å²) < 4.78 is 56.3. The second kappa shape index (κ2) is 9.66. The van der Waals surface area contributed by atoms with Gasteiger partial charge >= 0.3 is 12.3 Å². The number of aromatic nitrogens is 1. The van der Waals surface area contributed by atoms with Gasteiger partial charge in [-0.25, -0.2) is 4.79 Å². The van der Waals surface area contributed by atoms with E-state index in [2.05, 4.69) is 10.3 Å². The number of furan rings is 1. The lowest BCUT2D eigenvalue weighted by molar-refractivity contribution is -0.142. The minimum atomic E-state index is -4.63. The zero-order valence-electron chi connectivity index (χ0n) is 21.1. The van der Waals surface area contributed by atoms with Gasteiger partial charge < -0.3 is 28.9 Å². The predicted molar refractivity (Wildman–Crippen MR) is 129 cm³/mol. The molecule has 38 heavy (non-hydrogen) atoms. The maximum absolute atomic E-state index is 13.2. The van der Waals surface area contributed by atoms with E-state index in [9.17, 15) is 27.6 Å². The lowest BCUT2D eigenvalue weighted by Crippen LogP contribution is -2.72. The molecular weight excluding hydrogens is 507 g/mol. The van der Waals surface area contributed by atoms with Gasteiger partial charge in [-0.1, -0.05) is 6.07 Å². The van der Waals surface area contributed by atoms with Crippen LogP contribution in [0, 0.1) is 6.92 Å². The Morgan fingerprint density at radius 1 is 1.21 bits per heavy atom. The molecule has 0 bridgehead atoms. The number of hydrogen-bond donors (Lipinski definition) is 1. The number of aryl methyl sites for hydroxylation is 1. The van der Waals surface area contributed by atoms with Crippen LogP contribution in [0.2, 0.25) is 0 Å². The highest BCUT2D eigenvalue weighted by Gasteiger charge is 2.48. The monoisotopic (exact) mass is 533 g/mol. The second-order valence-electron chi connectivity index (χ2n) is 10.1. The van der Waals surface area contributed by atoms with Gasteiger partial charge in [0, 0.05) is 17.1 Å². The Hall–Kier alpha value is -4.09. The van der Waals surface area contributed by atoms with Gasteiger partial charge in [-0.3, -0.25) is 9.78 Å². The molecule has 0 atom stereocenters. The molecule has 3 aromatic rings. The maximum atomic E-state index is 13.2. The Bertz CT molecular complexity index is 1390. The number of pyridine rings is 1. The van der Waals surface area contributed by atoms with Crippen molar-refractivity contribution in [2.75, 3.05) is 13.1 Å². The maximum Gasteiger partial charge on any atom is 0.433 e. The molecule has 0 saturated carbocycles. The first-order chi connectivity index (χ1) is 17.7. The number of fused-ring (bicyclic) bond motifs is 1. The fourth-order valence-electron chi connectivity index (χ4n) is 4.10. The van der Waals surface area contributed by atoms with Crippen LogP contribution in [0.4, 0.5) is 18.0 Å². The summed E-state index contributed by atoms with van der Waals surface area (Å²) in [6.45, 7) is 6.20. The van der Waals surface area contributed by atoms with E-state index in [0.717, 1.165) is 6.20 Å². The van der Waals surface area contributed by atoms with Crippen LogP contribution in [0.1, 0.15) is 48.1 Å². The molecule has 9 nitrogen and oxygen atoms in total. The largest absolute Gasteiger partial charge is 0.489 e.